The first-order chi connectivity index (χ1) is 18.1. The molecular weight excluding hydrogens is 510 g/mol. The number of nitrogens with one attached hydrogen (secondary N) is 1. The lowest BCUT2D eigenvalue weighted by molar-refractivity contribution is -0.139. The lowest BCUT2D eigenvalue weighted by Gasteiger charge is -2.37. The van der Waals surface area contributed by atoms with Crippen molar-refractivity contribution in [1.82, 2.24) is 10.2 Å². The van der Waals surface area contributed by atoms with E-state index in [1.165, 1.54) is 11.8 Å². The van der Waals surface area contributed by atoms with Crippen molar-refractivity contribution in [2.45, 2.75) is 38.3 Å². The van der Waals surface area contributed by atoms with Crippen LogP contribution in [0.3, 0.4) is 0 Å². The first kappa shape index (κ1) is 25.6. The van der Waals surface area contributed by atoms with Gasteiger partial charge in [-0.15, -0.1) is 0 Å². The van der Waals surface area contributed by atoms with Crippen LogP contribution in [0.5, 0.6) is 0 Å². The van der Waals surface area contributed by atoms with E-state index in [1.54, 1.807) is 13.0 Å². The van der Waals surface area contributed by atoms with Crippen molar-refractivity contribution < 1.29 is 19.1 Å². The van der Waals surface area contributed by atoms with Gasteiger partial charge in [0.15, 0.2) is 5.17 Å². The second kappa shape index (κ2) is 11.5. The molecule has 0 saturated carbocycles. The van der Waals surface area contributed by atoms with Crippen LogP contribution in [0.4, 0.5) is 0 Å². The van der Waals surface area contributed by atoms with Crippen LogP contribution in [-0.2, 0) is 19.1 Å². The van der Waals surface area contributed by atoms with Gasteiger partial charge in [-0.3, -0.25) is 4.79 Å². The maximum Gasteiger partial charge on any atom is 0.338 e. The summed E-state index contributed by atoms with van der Waals surface area (Å²) in [5.74, 6) is -0.579. The molecule has 0 aliphatic carbocycles. The van der Waals surface area contributed by atoms with Crippen LogP contribution in [0.25, 0.3) is 5.70 Å². The standard InChI is InChI=1S/C28H28ClN3O4S/c1-2-35-27(34)24-25(18-9-4-3-5-10-18)31-28-32(26(24)21-12-6-7-13-22(21)29)19(17-37-28)15-23(33)30-16-20-11-8-14-36-20/h3-7,9-10,12-13,17,20,26H,2,8,11,14-16H2,1H3,(H,30,33)/t20-,26-/m1/s1. The van der Waals surface area contributed by atoms with Crippen LogP contribution in [-0.4, -0.2) is 47.8 Å². The highest BCUT2D eigenvalue weighted by molar-refractivity contribution is 8.16. The summed E-state index contributed by atoms with van der Waals surface area (Å²) in [7, 11) is 0. The molecule has 37 heavy (non-hydrogen) atoms. The molecule has 1 fully saturated rings. The molecule has 2 aromatic rings. The third kappa shape index (κ3) is 5.46. The molecule has 2 aromatic carbocycles. The lowest BCUT2D eigenvalue weighted by Crippen LogP contribution is -2.39. The van der Waals surface area contributed by atoms with Crippen molar-refractivity contribution in [3.05, 3.63) is 87.4 Å². The summed E-state index contributed by atoms with van der Waals surface area (Å²) in [6.07, 6.45) is 2.16. The van der Waals surface area contributed by atoms with E-state index >= 15 is 0 Å². The number of hydrogen-bond acceptors (Lipinski definition) is 7. The third-order valence-electron chi connectivity index (χ3n) is 6.45. The summed E-state index contributed by atoms with van der Waals surface area (Å²) in [4.78, 5) is 33.3. The quantitative estimate of drug-likeness (QED) is 0.460. The lowest BCUT2D eigenvalue weighted by atomic mass is 9.91. The van der Waals surface area contributed by atoms with E-state index in [9.17, 15) is 9.59 Å². The van der Waals surface area contributed by atoms with Crippen molar-refractivity contribution in [1.29, 1.82) is 0 Å². The van der Waals surface area contributed by atoms with Gasteiger partial charge >= 0.3 is 5.97 Å². The Morgan fingerprint density at radius 3 is 2.70 bits per heavy atom. The molecule has 3 heterocycles. The zero-order chi connectivity index (χ0) is 25.8. The molecule has 2 atom stereocenters. The number of carbonyl (C=O) groups excluding carboxylic acids is 2. The van der Waals surface area contributed by atoms with E-state index in [-0.39, 0.29) is 25.0 Å². The second-order valence-electron chi connectivity index (χ2n) is 8.88. The Hall–Kier alpha value is -3.07. The van der Waals surface area contributed by atoms with Gasteiger partial charge in [-0.25, -0.2) is 9.79 Å². The third-order valence-corrected chi connectivity index (χ3v) is 7.68. The maximum absolute atomic E-state index is 13.5. The maximum atomic E-state index is 13.5. The van der Waals surface area contributed by atoms with E-state index < -0.39 is 12.0 Å². The van der Waals surface area contributed by atoms with Crippen LogP contribution >= 0.6 is 23.4 Å². The number of amidine groups is 1. The Balaban J connectivity index is 1.54. The SMILES string of the molecule is CCOC(=O)C1=C(c2ccccc2)N=C2SC=C(CC(=O)NC[C@H]3CCCO3)N2[C@@H]1c1ccccc1Cl. The average Bonchev–Trinajstić information content (AvgIpc) is 3.58. The van der Waals surface area contributed by atoms with Crippen LogP contribution in [0, 0.1) is 0 Å². The topological polar surface area (TPSA) is 80.2 Å². The van der Waals surface area contributed by atoms with Gasteiger partial charge in [0.05, 0.1) is 36.4 Å². The number of ether oxygens (including phenoxy) is 2. The molecule has 0 unspecified atom stereocenters. The van der Waals surface area contributed by atoms with E-state index in [0.29, 0.717) is 28.0 Å². The smallest absolute Gasteiger partial charge is 0.338 e. The summed E-state index contributed by atoms with van der Waals surface area (Å²) in [5, 5.41) is 6.11. The number of esters is 1. The van der Waals surface area contributed by atoms with Gasteiger partial charge in [0.2, 0.25) is 5.91 Å². The molecule has 0 radical (unpaired) electrons. The van der Waals surface area contributed by atoms with Gasteiger partial charge in [0.25, 0.3) is 0 Å². The van der Waals surface area contributed by atoms with Gasteiger partial charge in [-0.05, 0) is 36.8 Å². The van der Waals surface area contributed by atoms with E-state index in [1.807, 2.05) is 58.8 Å². The van der Waals surface area contributed by atoms with Crippen LogP contribution in [0.15, 0.2) is 76.3 Å². The van der Waals surface area contributed by atoms with Crippen molar-refractivity contribution in [3.63, 3.8) is 0 Å². The molecule has 3 aliphatic rings. The minimum atomic E-state index is -0.609. The molecular formula is C28H28ClN3O4S. The summed E-state index contributed by atoms with van der Waals surface area (Å²) in [5.41, 5.74) is 3.21. The Labute approximate surface area is 225 Å². The molecule has 0 bridgehead atoms. The monoisotopic (exact) mass is 537 g/mol. The highest BCUT2D eigenvalue weighted by Gasteiger charge is 2.43. The molecule has 9 heteroatoms. The van der Waals surface area contributed by atoms with Gasteiger partial charge in [-0.2, -0.15) is 0 Å². The molecule has 1 amide bonds. The predicted octanol–water partition coefficient (Wildman–Crippen LogP) is 5.30. The molecule has 0 aromatic heterocycles. The molecule has 1 N–H and O–H groups in total. The van der Waals surface area contributed by atoms with E-state index in [4.69, 9.17) is 26.1 Å². The minimum Gasteiger partial charge on any atom is -0.463 e. The highest BCUT2D eigenvalue weighted by atomic mass is 35.5. The van der Waals surface area contributed by atoms with E-state index in [0.717, 1.165) is 36.3 Å². The second-order valence-corrected chi connectivity index (χ2v) is 10.1. The summed E-state index contributed by atoms with van der Waals surface area (Å²) >= 11 is 8.13. The van der Waals surface area contributed by atoms with Gasteiger partial charge in [0, 0.05) is 29.4 Å². The number of halogens is 1. The first-order valence-electron chi connectivity index (χ1n) is 12.4. The number of aliphatic imine (C=N–C) groups is 1. The Kier molecular flexibility index (Phi) is 7.98. The Morgan fingerprint density at radius 1 is 1.19 bits per heavy atom. The number of carbonyl (C=O) groups is 2. The Morgan fingerprint density at radius 2 is 1.97 bits per heavy atom. The fourth-order valence-electron chi connectivity index (χ4n) is 4.74. The molecule has 192 valence electrons. The fourth-order valence-corrected chi connectivity index (χ4v) is 5.90. The first-order valence-corrected chi connectivity index (χ1v) is 13.7. The van der Waals surface area contributed by atoms with Crippen molar-refractivity contribution in [2.24, 2.45) is 4.99 Å². The van der Waals surface area contributed by atoms with Crippen LogP contribution in [0.1, 0.15) is 43.4 Å². The minimum absolute atomic E-state index is 0.0608. The molecule has 0 spiro atoms. The van der Waals surface area contributed by atoms with Gasteiger partial charge in [0.1, 0.15) is 0 Å². The largest absolute Gasteiger partial charge is 0.463 e. The average molecular weight is 538 g/mol. The number of rotatable bonds is 8. The number of thioether (sulfide) groups is 1. The molecule has 1 saturated heterocycles. The molecule has 7 nitrogen and oxygen atoms in total. The fraction of sp³-hybridized carbons (Fsp3) is 0.321. The number of fused-ring (bicyclic) bond motifs is 1. The molecule has 5 rings (SSSR count). The van der Waals surface area contributed by atoms with Gasteiger partial charge in [-0.1, -0.05) is 71.9 Å². The number of amides is 1. The number of hydrogen-bond donors (Lipinski definition) is 1. The number of benzene rings is 2. The normalized spacial score (nSPS) is 20.9. The van der Waals surface area contributed by atoms with Crippen molar-refractivity contribution in [2.75, 3.05) is 19.8 Å². The molecule has 3 aliphatic heterocycles. The van der Waals surface area contributed by atoms with Crippen molar-refractivity contribution in [3.8, 4) is 0 Å². The zero-order valence-electron chi connectivity index (χ0n) is 20.5. The van der Waals surface area contributed by atoms with Crippen LogP contribution in [0.2, 0.25) is 5.02 Å². The predicted molar refractivity (Wildman–Crippen MR) is 146 cm³/mol. The van der Waals surface area contributed by atoms with E-state index in [2.05, 4.69) is 5.32 Å². The Bertz CT molecular complexity index is 1270. The summed E-state index contributed by atoms with van der Waals surface area (Å²) < 4.78 is 11.2. The highest BCUT2D eigenvalue weighted by Crippen LogP contribution is 2.48. The summed E-state index contributed by atoms with van der Waals surface area (Å²) in [6, 6.07) is 16.4. The van der Waals surface area contributed by atoms with Crippen LogP contribution < -0.4 is 5.32 Å². The van der Waals surface area contributed by atoms with Gasteiger partial charge < -0.3 is 19.7 Å². The number of nitrogens with zero attached hydrogens (tertiary/aromatic N) is 2. The van der Waals surface area contributed by atoms with Crippen molar-refractivity contribution >= 4 is 46.1 Å². The summed E-state index contributed by atoms with van der Waals surface area (Å²) in [6.45, 7) is 3.22. The zero-order valence-corrected chi connectivity index (χ0v) is 22.1.